The summed E-state index contributed by atoms with van der Waals surface area (Å²) < 4.78 is 11.3. The second-order valence-corrected chi connectivity index (χ2v) is 9.51. The van der Waals surface area contributed by atoms with Crippen LogP contribution in [0.4, 0.5) is 0 Å². The predicted octanol–water partition coefficient (Wildman–Crippen LogP) is 0.927. The Balaban J connectivity index is 1.89. The number of ether oxygens (including phenoxy) is 2. The zero-order valence-corrected chi connectivity index (χ0v) is 18.8. The highest BCUT2D eigenvalue weighted by Gasteiger charge is 2.41. The number of aliphatic hydroxyl groups is 1. The Morgan fingerprint density at radius 1 is 1.16 bits per heavy atom. The van der Waals surface area contributed by atoms with Crippen LogP contribution in [0.15, 0.2) is 12.1 Å². The van der Waals surface area contributed by atoms with E-state index < -0.39 is 16.3 Å². The molecule has 4 nitrogen and oxygen atoms in total. The number of benzene rings is 1. The first-order chi connectivity index (χ1) is 14.4. The van der Waals surface area contributed by atoms with Gasteiger partial charge in [-0.2, -0.15) is 0 Å². The zero-order chi connectivity index (χ0) is 23.1. The Morgan fingerprint density at radius 3 is 2.42 bits per heavy atom. The third kappa shape index (κ3) is 4.90. The van der Waals surface area contributed by atoms with Gasteiger partial charge in [-0.15, -0.1) is 5.72 Å². The van der Waals surface area contributed by atoms with E-state index in [1.165, 1.54) is 7.11 Å². The van der Waals surface area contributed by atoms with Gasteiger partial charge in [0.15, 0.2) is 11.5 Å². The van der Waals surface area contributed by atoms with Crippen molar-refractivity contribution in [2.75, 3.05) is 20.2 Å². The van der Waals surface area contributed by atoms with Gasteiger partial charge in [-0.05, 0) is 54.4 Å². The Labute approximate surface area is 195 Å². The Kier molecular flexibility index (Phi) is 7.33. The summed E-state index contributed by atoms with van der Waals surface area (Å²) in [6.45, 7) is 6.17. The summed E-state index contributed by atoms with van der Waals surface area (Å²) in [5, 5.41) is 6.87. The van der Waals surface area contributed by atoms with Crippen LogP contribution in [-0.2, 0) is 6.42 Å². The average Bonchev–Trinajstić information content (AvgIpc) is 2.67. The first-order valence-electron chi connectivity index (χ1n) is 10.9. The lowest BCUT2D eigenvalue weighted by Gasteiger charge is -2.48. The minimum absolute atomic E-state index is 0.117. The van der Waals surface area contributed by atoms with Crippen LogP contribution in [0.1, 0.15) is 43.9 Å². The van der Waals surface area contributed by atoms with Gasteiger partial charge in [0, 0.05) is 24.5 Å². The molecule has 1 fully saturated rings. The van der Waals surface area contributed by atoms with Crippen LogP contribution in [0.5, 0.6) is 11.5 Å². The van der Waals surface area contributed by atoms with Crippen molar-refractivity contribution in [2.45, 2.75) is 61.6 Å². The number of aliphatic hydroxyl groups excluding tert-OH is 1. The quantitative estimate of drug-likeness (QED) is 0.685. The fourth-order valence-electron chi connectivity index (χ4n) is 4.71. The summed E-state index contributed by atoms with van der Waals surface area (Å²) >= 11 is 0. The molecule has 3 rings (SSSR count). The maximum absolute atomic E-state index is 10.8. The van der Waals surface area contributed by atoms with Gasteiger partial charge in [-0.25, -0.2) is 0 Å². The van der Waals surface area contributed by atoms with Crippen molar-refractivity contribution >= 4 is 47.1 Å². The molecule has 2 aliphatic rings. The monoisotopic (exact) mass is 407 g/mol. The molecule has 0 bridgehead atoms. The molecule has 2 aliphatic heterocycles. The Morgan fingerprint density at radius 2 is 1.84 bits per heavy atom. The number of nitrogens with zero attached hydrogens (tertiary/aromatic N) is 1. The molecule has 0 saturated carbocycles. The van der Waals surface area contributed by atoms with Crippen LogP contribution >= 0.6 is 0 Å². The first-order valence-corrected chi connectivity index (χ1v) is 10.9. The zero-order valence-electron chi connectivity index (χ0n) is 18.8. The average molecular weight is 406 g/mol. The number of piperidine rings is 1. The third-order valence-corrected chi connectivity index (χ3v) is 6.65. The van der Waals surface area contributed by atoms with Gasteiger partial charge in [-0.1, -0.05) is 19.1 Å². The van der Waals surface area contributed by atoms with Gasteiger partial charge in [0.05, 0.1) is 44.6 Å². The summed E-state index contributed by atoms with van der Waals surface area (Å²) in [7, 11) is 36.8. The van der Waals surface area contributed by atoms with E-state index in [2.05, 4.69) is 18.7 Å². The number of methoxy groups -OCH3 is 1. The molecule has 0 spiro atoms. The van der Waals surface area contributed by atoms with Crippen molar-refractivity contribution < 1.29 is 14.6 Å². The number of hydrogen-bond acceptors (Lipinski definition) is 4. The van der Waals surface area contributed by atoms with E-state index in [4.69, 9.17) is 56.6 Å². The fraction of sp³-hybridized carbons (Fsp3) is 0.714. The number of rotatable bonds is 7. The van der Waals surface area contributed by atoms with Crippen LogP contribution in [0.3, 0.4) is 0 Å². The van der Waals surface area contributed by atoms with E-state index in [0.717, 1.165) is 37.1 Å². The normalized spacial score (nSPS) is 24.6. The van der Waals surface area contributed by atoms with Gasteiger partial charge in [-0.3, -0.25) is 4.90 Å². The molecule has 31 heavy (non-hydrogen) atoms. The first kappa shape index (κ1) is 24.8. The second-order valence-electron chi connectivity index (χ2n) is 9.51. The van der Waals surface area contributed by atoms with E-state index in [9.17, 15) is 5.11 Å². The molecule has 3 atom stereocenters. The lowest BCUT2D eigenvalue weighted by molar-refractivity contribution is -0.0192. The maximum Gasteiger partial charge on any atom is 0.161 e. The maximum atomic E-state index is 10.8. The second kappa shape index (κ2) is 9.17. The van der Waals surface area contributed by atoms with Crippen molar-refractivity contribution in [3.05, 3.63) is 23.3 Å². The lowest BCUT2D eigenvalue weighted by Crippen LogP contribution is -2.52. The molecule has 1 saturated heterocycles. The smallest absolute Gasteiger partial charge is 0.161 e. The molecule has 0 aromatic heterocycles. The van der Waals surface area contributed by atoms with E-state index in [1.54, 1.807) is 0 Å². The molecule has 1 N–H and O–H groups in total. The molecule has 0 unspecified atom stereocenters. The topological polar surface area (TPSA) is 41.9 Å². The predicted molar refractivity (Wildman–Crippen MR) is 129 cm³/mol. The molecule has 1 aromatic carbocycles. The van der Waals surface area contributed by atoms with E-state index >= 15 is 0 Å². The van der Waals surface area contributed by atoms with Crippen LogP contribution in [0, 0.1) is 11.8 Å². The van der Waals surface area contributed by atoms with Crippen LogP contribution < -0.4 is 9.47 Å². The number of hydrogen-bond donors (Lipinski definition) is 1. The van der Waals surface area contributed by atoms with Gasteiger partial charge in [0.1, 0.15) is 15.7 Å². The van der Waals surface area contributed by atoms with Gasteiger partial charge < -0.3 is 14.6 Å². The minimum atomic E-state index is -2.03. The molecular weight excluding hydrogens is 379 g/mol. The molecule has 10 heteroatoms. The van der Waals surface area contributed by atoms with E-state index in [1.807, 2.05) is 12.1 Å². The lowest BCUT2D eigenvalue weighted by atomic mass is 9.26. The van der Waals surface area contributed by atoms with Crippen molar-refractivity contribution in [1.29, 1.82) is 0 Å². The summed E-state index contributed by atoms with van der Waals surface area (Å²) in [6.07, 6.45) is 2.19. The summed E-state index contributed by atoms with van der Waals surface area (Å²) in [5.74, 6) is 1.61. The van der Waals surface area contributed by atoms with Gasteiger partial charge in [0.2, 0.25) is 0 Å². The highest BCUT2D eigenvalue weighted by atomic mass is 16.5. The summed E-state index contributed by atoms with van der Waals surface area (Å²) in [4.78, 5) is 2.45. The highest BCUT2D eigenvalue weighted by Crippen LogP contribution is 2.46. The molecular formula is C21H27B6NO3. The SMILES string of the molecule is [B]C([B])C([B])([B])C([B])([B])Oc1cc2c(cc1OC)[C@H]1C[C@@H](O)[C@H](CC(C)C)CN1CC2. The van der Waals surface area contributed by atoms with Gasteiger partial charge >= 0.3 is 0 Å². The molecule has 2 heterocycles. The van der Waals surface area contributed by atoms with Crippen LogP contribution in [0.2, 0.25) is 10.9 Å². The Hall–Kier alpha value is -0.870. The van der Waals surface area contributed by atoms with Crippen molar-refractivity contribution in [3.63, 3.8) is 0 Å². The van der Waals surface area contributed by atoms with E-state index in [0.29, 0.717) is 29.8 Å². The molecule has 0 amide bonds. The minimum Gasteiger partial charge on any atom is -0.504 e. The van der Waals surface area contributed by atoms with Gasteiger partial charge in [0.25, 0.3) is 0 Å². The third-order valence-electron chi connectivity index (χ3n) is 6.65. The molecule has 0 aliphatic carbocycles. The Bertz CT molecular complexity index is 789. The van der Waals surface area contributed by atoms with Crippen molar-refractivity contribution in [2.24, 2.45) is 11.8 Å². The molecule has 152 valence electrons. The van der Waals surface area contributed by atoms with E-state index in [-0.39, 0.29) is 12.1 Å². The van der Waals surface area contributed by atoms with Crippen molar-refractivity contribution in [3.8, 4) is 11.5 Å². The largest absolute Gasteiger partial charge is 0.504 e. The van der Waals surface area contributed by atoms with Crippen LogP contribution in [-0.4, -0.2) is 88.8 Å². The molecule has 12 radical (unpaired) electrons. The highest BCUT2D eigenvalue weighted by molar-refractivity contribution is 6.59. The van der Waals surface area contributed by atoms with Crippen molar-refractivity contribution in [1.82, 2.24) is 4.90 Å². The molecule has 1 aromatic rings. The van der Waals surface area contributed by atoms with Crippen LogP contribution in [0.25, 0.3) is 0 Å². The number of fused-ring (bicyclic) bond motifs is 3. The summed E-state index contributed by atoms with van der Waals surface area (Å²) in [5.41, 5.74) is 0.987. The fourth-order valence-corrected chi connectivity index (χ4v) is 4.71. The standard InChI is InChI=1S/C21H27B6NO3/c1-11(2)6-13-10-28-5-4-12-7-18(31-21(26,27)20(24,25)19(22)23)17(30-3)8-14(12)15(28)9-16(13)29/h7-8,11,13,15-16,19,29H,4-6,9-10H2,1-3H3/t13-,15-,16-/m1/s1. The summed E-state index contributed by atoms with van der Waals surface area (Å²) in [6, 6.07) is 3.89.